The molecule has 1 aliphatic rings. The third-order valence-electron chi connectivity index (χ3n) is 4.53. The van der Waals surface area contributed by atoms with Gasteiger partial charge in [0.05, 0.1) is 0 Å². The first kappa shape index (κ1) is 15.7. The monoisotopic (exact) mass is 335 g/mol. The predicted molar refractivity (Wildman–Crippen MR) is 95.3 cm³/mol. The fourth-order valence-electron chi connectivity index (χ4n) is 3.36. The van der Waals surface area contributed by atoms with Gasteiger partial charge in [0.1, 0.15) is 23.7 Å². The number of aromatic nitrogens is 6. The highest BCUT2D eigenvalue weighted by molar-refractivity contribution is 5.50. The first-order valence-electron chi connectivity index (χ1n) is 8.57. The molecule has 0 radical (unpaired) electrons. The van der Waals surface area contributed by atoms with Crippen LogP contribution >= 0.6 is 0 Å². The van der Waals surface area contributed by atoms with E-state index in [0.717, 1.165) is 60.5 Å². The Bertz CT molecular complexity index is 859. The van der Waals surface area contributed by atoms with Gasteiger partial charge in [-0.2, -0.15) is 0 Å². The number of H-pyrrole nitrogens is 1. The number of nitrogens with one attached hydrogen (secondary N) is 1. The summed E-state index contributed by atoms with van der Waals surface area (Å²) in [6.07, 6.45) is 7.45. The molecule has 4 rings (SSSR count). The molecule has 1 saturated heterocycles. The molecule has 1 aliphatic heterocycles. The molecule has 3 aromatic heterocycles. The van der Waals surface area contributed by atoms with Crippen LogP contribution in [0, 0.1) is 13.8 Å². The Morgan fingerprint density at radius 1 is 1.20 bits per heavy atom. The van der Waals surface area contributed by atoms with Crippen LogP contribution in [0.1, 0.15) is 36.0 Å². The zero-order chi connectivity index (χ0) is 17.2. The largest absolute Gasteiger partial charge is 0.356 e. The van der Waals surface area contributed by atoms with Crippen molar-refractivity contribution in [2.75, 3.05) is 18.0 Å². The second-order valence-corrected chi connectivity index (χ2v) is 6.49. The van der Waals surface area contributed by atoms with Crippen LogP contribution in [0.25, 0.3) is 11.5 Å². The molecular weight excluding hydrogens is 314 g/mol. The second-order valence-electron chi connectivity index (χ2n) is 6.49. The maximum atomic E-state index is 4.71. The zero-order valence-electron chi connectivity index (χ0n) is 14.5. The van der Waals surface area contributed by atoms with E-state index in [1.165, 1.54) is 0 Å². The van der Waals surface area contributed by atoms with Crippen molar-refractivity contribution in [1.29, 1.82) is 0 Å². The van der Waals surface area contributed by atoms with Gasteiger partial charge >= 0.3 is 0 Å². The van der Waals surface area contributed by atoms with Crippen molar-refractivity contribution in [2.24, 2.45) is 0 Å². The Morgan fingerprint density at radius 3 is 2.88 bits per heavy atom. The van der Waals surface area contributed by atoms with Crippen LogP contribution in [0.2, 0.25) is 0 Å². The summed E-state index contributed by atoms with van der Waals surface area (Å²) in [5.74, 6) is 2.92. The van der Waals surface area contributed by atoms with Gasteiger partial charge in [-0.25, -0.2) is 24.9 Å². The highest BCUT2D eigenvalue weighted by Crippen LogP contribution is 2.29. The summed E-state index contributed by atoms with van der Waals surface area (Å²) in [6, 6.07) is 4.03. The number of piperidine rings is 1. The molecule has 3 aromatic rings. The van der Waals surface area contributed by atoms with E-state index >= 15 is 0 Å². The smallest absolute Gasteiger partial charge is 0.156 e. The summed E-state index contributed by atoms with van der Waals surface area (Å²) in [6.45, 7) is 5.85. The summed E-state index contributed by atoms with van der Waals surface area (Å²) in [5, 5.41) is 0. The number of nitrogens with zero attached hydrogens (tertiary/aromatic N) is 6. The van der Waals surface area contributed by atoms with Gasteiger partial charge in [0.25, 0.3) is 0 Å². The molecule has 7 heteroatoms. The van der Waals surface area contributed by atoms with Gasteiger partial charge in [0.15, 0.2) is 5.82 Å². The van der Waals surface area contributed by atoms with Gasteiger partial charge in [-0.1, -0.05) is 0 Å². The molecule has 0 unspecified atom stereocenters. The number of imidazole rings is 1. The van der Waals surface area contributed by atoms with Crippen LogP contribution in [0.15, 0.2) is 30.9 Å². The number of anilines is 1. The highest BCUT2D eigenvalue weighted by Gasteiger charge is 2.24. The number of hydrogen-bond acceptors (Lipinski definition) is 6. The fourth-order valence-corrected chi connectivity index (χ4v) is 3.36. The Hall–Kier alpha value is -2.83. The lowest BCUT2D eigenvalue weighted by Gasteiger charge is -2.33. The van der Waals surface area contributed by atoms with Gasteiger partial charge < -0.3 is 9.88 Å². The number of rotatable bonds is 3. The van der Waals surface area contributed by atoms with Crippen LogP contribution < -0.4 is 4.90 Å². The maximum Gasteiger partial charge on any atom is 0.156 e. The lowest BCUT2D eigenvalue weighted by atomic mass is 9.94. The minimum absolute atomic E-state index is 0.361. The molecule has 25 heavy (non-hydrogen) atoms. The molecule has 0 saturated carbocycles. The van der Waals surface area contributed by atoms with Gasteiger partial charge in [-0.15, -0.1) is 0 Å². The molecule has 0 spiro atoms. The molecular formula is C18H21N7. The van der Waals surface area contributed by atoms with E-state index in [1.807, 2.05) is 26.1 Å². The molecule has 0 aromatic carbocycles. The first-order chi connectivity index (χ1) is 12.2. The van der Waals surface area contributed by atoms with Crippen LogP contribution in [0.4, 0.5) is 5.82 Å². The maximum absolute atomic E-state index is 4.71. The van der Waals surface area contributed by atoms with Crippen LogP contribution in [0.3, 0.4) is 0 Å². The quantitative estimate of drug-likeness (QED) is 0.792. The number of hydrogen-bond donors (Lipinski definition) is 1. The summed E-state index contributed by atoms with van der Waals surface area (Å²) in [4.78, 5) is 27.6. The van der Waals surface area contributed by atoms with Gasteiger partial charge in [-0.3, -0.25) is 0 Å². The van der Waals surface area contributed by atoms with Crippen molar-refractivity contribution in [3.05, 3.63) is 48.1 Å². The van der Waals surface area contributed by atoms with E-state index in [9.17, 15) is 0 Å². The Morgan fingerprint density at radius 2 is 2.12 bits per heavy atom. The van der Waals surface area contributed by atoms with E-state index in [4.69, 9.17) is 4.98 Å². The average molecular weight is 335 g/mol. The second kappa shape index (κ2) is 6.58. The van der Waals surface area contributed by atoms with Crippen LogP contribution in [0.5, 0.6) is 0 Å². The van der Waals surface area contributed by atoms with E-state index in [-0.39, 0.29) is 0 Å². The molecule has 7 nitrogen and oxygen atoms in total. The Balaban J connectivity index is 1.61. The minimum atomic E-state index is 0.361. The standard InChI is InChI=1S/C18H21N7/c1-12-9-20-18(22-12)16-8-15(23-13(2)24-16)14-4-3-7-25(10-14)17-5-6-19-11-21-17/h5-6,8-9,11,14H,3-4,7,10H2,1-2H3,(H,20,22)/t14-/m1/s1. The van der Waals surface area contributed by atoms with E-state index in [2.05, 4.69) is 35.9 Å². The third kappa shape index (κ3) is 3.35. The molecule has 0 aliphatic carbocycles. The van der Waals surface area contributed by atoms with Crippen molar-refractivity contribution in [3.63, 3.8) is 0 Å². The van der Waals surface area contributed by atoms with Crippen LogP contribution in [-0.2, 0) is 0 Å². The van der Waals surface area contributed by atoms with Crippen molar-refractivity contribution >= 4 is 5.82 Å². The average Bonchev–Trinajstić information content (AvgIpc) is 3.09. The van der Waals surface area contributed by atoms with Crippen LogP contribution in [-0.4, -0.2) is 43.0 Å². The molecule has 4 heterocycles. The highest BCUT2D eigenvalue weighted by atomic mass is 15.2. The number of aryl methyl sites for hydroxylation is 2. The Labute approximate surface area is 146 Å². The SMILES string of the molecule is Cc1nc(-c2ncc(C)[nH]2)cc([C@@H]2CCCN(c3ccncn3)C2)n1. The third-order valence-corrected chi connectivity index (χ3v) is 4.53. The topological polar surface area (TPSA) is 83.5 Å². The summed E-state index contributed by atoms with van der Waals surface area (Å²) < 4.78 is 0. The lowest BCUT2D eigenvalue weighted by Crippen LogP contribution is -2.35. The van der Waals surface area contributed by atoms with E-state index in [0.29, 0.717) is 5.92 Å². The lowest BCUT2D eigenvalue weighted by molar-refractivity contribution is 0.497. The molecule has 1 N–H and O–H groups in total. The zero-order valence-corrected chi connectivity index (χ0v) is 14.5. The normalized spacial score (nSPS) is 17.7. The minimum Gasteiger partial charge on any atom is -0.356 e. The molecule has 1 atom stereocenters. The van der Waals surface area contributed by atoms with Crippen molar-refractivity contribution < 1.29 is 0 Å². The summed E-state index contributed by atoms with van der Waals surface area (Å²) in [5.41, 5.74) is 2.96. The molecule has 128 valence electrons. The van der Waals surface area contributed by atoms with Crippen molar-refractivity contribution in [3.8, 4) is 11.5 Å². The predicted octanol–water partition coefficient (Wildman–Crippen LogP) is 2.66. The van der Waals surface area contributed by atoms with E-state index in [1.54, 1.807) is 12.5 Å². The molecule has 1 fully saturated rings. The summed E-state index contributed by atoms with van der Waals surface area (Å²) >= 11 is 0. The first-order valence-corrected chi connectivity index (χ1v) is 8.57. The van der Waals surface area contributed by atoms with Crippen molar-refractivity contribution in [1.82, 2.24) is 29.9 Å². The molecule has 0 bridgehead atoms. The Kier molecular flexibility index (Phi) is 4.13. The fraction of sp³-hybridized carbons (Fsp3) is 0.389. The molecule has 0 amide bonds. The van der Waals surface area contributed by atoms with E-state index < -0.39 is 0 Å². The van der Waals surface area contributed by atoms with Gasteiger partial charge in [0.2, 0.25) is 0 Å². The summed E-state index contributed by atoms with van der Waals surface area (Å²) in [7, 11) is 0. The van der Waals surface area contributed by atoms with Crippen molar-refractivity contribution in [2.45, 2.75) is 32.6 Å². The number of aromatic amines is 1. The van der Waals surface area contributed by atoms with Gasteiger partial charge in [-0.05, 0) is 38.8 Å². The van der Waals surface area contributed by atoms with Gasteiger partial charge in [0, 0.05) is 42.8 Å².